The number of benzene rings is 1. The molecule has 0 amide bonds. The second-order valence-electron chi connectivity index (χ2n) is 13.0. The minimum Gasteiger partial charge on any atom is -0.472 e. The van der Waals surface area contributed by atoms with Crippen molar-refractivity contribution in [3.05, 3.63) is 28.8 Å². The van der Waals surface area contributed by atoms with E-state index in [2.05, 4.69) is 20.2 Å². The number of nitrogens with one attached hydrogen (secondary N) is 1. The lowest BCUT2D eigenvalue weighted by molar-refractivity contribution is -0.137. The summed E-state index contributed by atoms with van der Waals surface area (Å²) in [5.41, 5.74) is 1.23. The number of halogens is 5. The lowest BCUT2D eigenvalue weighted by atomic mass is 9.96. The van der Waals surface area contributed by atoms with Gasteiger partial charge in [-0.25, -0.2) is 13.8 Å². The van der Waals surface area contributed by atoms with Crippen molar-refractivity contribution in [1.29, 1.82) is 0 Å². The summed E-state index contributed by atoms with van der Waals surface area (Å²) in [4.78, 5) is 17.8. The van der Waals surface area contributed by atoms with Crippen molar-refractivity contribution in [3.63, 3.8) is 0 Å². The summed E-state index contributed by atoms with van der Waals surface area (Å²) in [7, 11) is 0. The molecular weight excluding hydrogens is 613 g/mol. The molecule has 0 spiro atoms. The first-order valence-corrected chi connectivity index (χ1v) is 15.5. The van der Waals surface area contributed by atoms with Gasteiger partial charge in [-0.1, -0.05) is 0 Å². The van der Waals surface area contributed by atoms with E-state index in [0.717, 1.165) is 45.5 Å². The number of hydrogen-bond donors (Lipinski definition) is 2. The summed E-state index contributed by atoms with van der Waals surface area (Å²) >= 11 is 0. The monoisotopic (exact) mass is 649 g/mol. The molecule has 5 heterocycles. The van der Waals surface area contributed by atoms with Crippen LogP contribution in [0.2, 0.25) is 0 Å². The van der Waals surface area contributed by atoms with Gasteiger partial charge in [-0.15, -0.1) is 0 Å². The average molecular weight is 650 g/mol. The maximum Gasteiger partial charge on any atom is 0.417 e. The first-order valence-electron chi connectivity index (χ1n) is 15.5. The Hall–Kier alpha value is -3.56. The van der Waals surface area contributed by atoms with E-state index in [1.54, 1.807) is 0 Å². The highest BCUT2D eigenvalue weighted by Crippen LogP contribution is 2.48. The van der Waals surface area contributed by atoms with E-state index in [1.165, 1.54) is 0 Å². The third kappa shape index (κ3) is 5.45. The van der Waals surface area contributed by atoms with Crippen molar-refractivity contribution in [3.8, 4) is 23.1 Å². The fourth-order valence-electron chi connectivity index (χ4n) is 6.92. The van der Waals surface area contributed by atoms with Crippen molar-refractivity contribution >= 4 is 22.4 Å². The van der Waals surface area contributed by atoms with E-state index >= 15 is 4.39 Å². The van der Waals surface area contributed by atoms with Gasteiger partial charge in [0.05, 0.1) is 36.6 Å². The number of nitrogens with two attached hydrogens (primary N) is 1. The number of hydrogen-bond acceptors (Lipinski definition) is 10. The Morgan fingerprint density at radius 3 is 2.63 bits per heavy atom. The molecule has 1 saturated carbocycles. The Bertz CT molecular complexity index is 1690. The third-order valence-corrected chi connectivity index (χ3v) is 9.52. The Kier molecular flexibility index (Phi) is 7.63. The minimum atomic E-state index is -5.03. The summed E-state index contributed by atoms with van der Waals surface area (Å²) in [5, 5.41) is 3.46. The number of rotatable bonds is 6. The van der Waals surface area contributed by atoms with Crippen LogP contribution in [0.1, 0.15) is 37.8 Å². The van der Waals surface area contributed by atoms with Crippen molar-refractivity contribution < 1.29 is 36.2 Å². The largest absolute Gasteiger partial charge is 0.472 e. The van der Waals surface area contributed by atoms with Crippen molar-refractivity contribution in [2.45, 2.75) is 58.0 Å². The topological polar surface area (TPSA) is 111 Å². The lowest BCUT2D eigenvalue weighted by Gasteiger charge is -2.38. The van der Waals surface area contributed by atoms with E-state index in [1.807, 2.05) is 18.7 Å². The molecule has 3 atom stereocenters. The number of nitrogens with zero attached hydrogens (tertiary/aromatic N) is 5. The number of alkyl halides is 3. The van der Waals surface area contributed by atoms with Gasteiger partial charge in [-0.2, -0.15) is 23.1 Å². The minimum absolute atomic E-state index is 0.0937. The standard InChI is InChI=1S/C31H36F5N7O3/c1-15-12-42(8-9-44-15)13-30(4-5-30)14-45-29-40-26-21-27(41-29)43-7-6-38-11-20(43)17(3)46-28(21)39-25(24(26)33)18-10-19(37)23(32)16(2)22(18)31(34,35)36/h10,15,17,20,38H,4-9,11-14,37H2,1-3H3/t15-,17+,20+/m1/s1. The zero-order valence-electron chi connectivity index (χ0n) is 25.8. The molecule has 2 saturated heterocycles. The van der Waals surface area contributed by atoms with Crippen LogP contribution in [-0.4, -0.2) is 90.6 Å². The Labute approximate surface area is 262 Å². The van der Waals surface area contributed by atoms with Gasteiger partial charge in [-0.3, -0.25) is 4.90 Å². The molecule has 0 bridgehead atoms. The van der Waals surface area contributed by atoms with Crippen LogP contribution in [-0.2, 0) is 10.9 Å². The molecule has 1 aliphatic carbocycles. The fraction of sp³-hybridized carbons (Fsp3) is 0.581. The predicted octanol–water partition coefficient (Wildman–Crippen LogP) is 4.32. The van der Waals surface area contributed by atoms with Crippen molar-refractivity contribution in [1.82, 2.24) is 25.2 Å². The lowest BCUT2D eigenvalue weighted by Crippen LogP contribution is -2.56. The molecule has 0 radical (unpaired) electrons. The fourth-order valence-corrected chi connectivity index (χ4v) is 6.92. The van der Waals surface area contributed by atoms with E-state index in [-0.39, 0.29) is 40.4 Å². The number of anilines is 2. The second-order valence-corrected chi connectivity index (χ2v) is 13.0. The molecule has 2 aromatic heterocycles. The van der Waals surface area contributed by atoms with Crippen LogP contribution in [0.3, 0.4) is 0 Å². The predicted molar refractivity (Wildman–Crippen MR) is 160 cm³/mol. The zero-order chi connectivity index (χ0) is 32.5. The molecule has 7 rings (SSSR count). The maximum atomic E-state index is 16.7. The van der Waals surface area contributed by atoms with Crippen LogP contribution in [0.5, 0.6) is 11.9 Å². The highest BCUT2D eigenvalue weighted by molar-refractivity contribution is 5.97. The van der Waals surface area contributed by atoms with Gasteiger partial charge in [0.15, 0.2) is 5.82 Å². The van der Waals surface area contributed by atoms with Gasteiger partial charge in [0.2, 0.25) is 5.88 Å². The maximum absolute atomic E-state index is 16.7. The molecule has 3 aliphatic heterocycles. The SMILES string of the molecule is Cc1c(F)c(N)cc(-c2nc3c4c(nc(OCC5(CN6CCO[C@H](C)C6)CC5)nc4c2F)N2CCNC[C@H]2[C@H](C)O3)c1C(F)(F)F. The summed E-state index contributed by atoms with van der Waals surface area (Å²) in [6.07, 6.45) is -3.51. The number of morpholine rings is 1. The zero-order valence-corrected chi connectivity index (χ0v) is 25.8. The highest BCUT2D eigenvalue weighted by atomic mass is 19.4. The molecule has 4 aliphatic rings. The van der Waals surface area contributed by atoms with Gasteiger partial charge < -0.3 is 30.2 Å². The third-order valence-electron chi connectivity index (χ3n) is 9.52. The molecule has 0 unspecified atom stereocenters. The molecule has 248 valence electrons. The van der Waals surface area contributed by atoms with Crippen LogP contribution in [0.4, 0.5) is 33.5 Å². The normalized spacial score (nSPS) is 24.3. The summed E-state index contributed by atoms with van der Waals surface area (Å²) in [6, 6.07) is 0.419. The second kappa shape index (κ2) is 11.3. The number of nitrogen functional groups attached to an aromatic ring is 1. The first-order chi connectivity index (χ1) is 21.8. The smallest absolute Gasteiger partial charge is 0.417 e. The van der Waals surface area contributed by atoms with Crippen LogP contribution in [0.15, 0.2) is 6.07 Å². The Balaban J connectivity index is 1.35. The first kappa shape index (κ1) is 31.1. The summed E-state index contributed by atoms with van der Waals surface area (Å²) < 4.78 is 92.4. The number of aromatic nitrogens is 3. The number of piperazine rings is 1. The van der Waals surface area contributed by atoms with Crippen molar-refractivity contribution in [2.24, 2.45) is 5.41 Å². The molecule has 1 aromatic carbocycles. The Morgan fingerprint density at radius 2 is 1.91 bits per heavy atom. The molecule has 46 heavy (non-hydrogen) atoms. The average Bonchev–Trinajstić information content (AvgIpc) is 3.79. The van der Waals surface area contributed by atoms with Gasteiger partial charge in [-0.05, 0) is 45.2 Å². The van der Waals surface area contributed by atoms with Gasteiger partial charge in [0.25, 0.3) is 0 Å². The molecule has 3 N–H and O–H groups in total. The van der Waals surface area contributed by atoms with Crippen LogP contribution < -0.4 is 25.4 Å². The van der Waals surface area contributed by atoms with E-state index < -0.39 is 52.0 Å². The highest BCUT2D eigenvalue weighted by Gasteiger charge is 2.46. The van der Waals surface area contributed by atoms with Gasteiger partial charge >= 0.3 is 12.2 Å². The Morgan fingerprint density at radius 1 is 1.13 bits per heavy atom. The van der Waals surface area contributed by atoms with E-state index in [9.17, 15) is 17.6 Å². The number of ether oxygens (including phenoxy) is 3. The molecular formula is C31H36F5N7O3. The van der Waals surface area contributed by atoms with E-state index in [0.29, 0.717) is 38.7 Å². The summed E-state index contributed by atoms with van der Waals surface area (Å²) in [5.74, 6) is -2.16. The van der Waals surface area contributed by atoms with E-state index in [4.69, 9.17) is 24.9 Å². The molecule has 3 aromatic rings. The van der Waals surface area contributed by atoms with Crippen molar-refractivity contribution in [2.75, 3.05) is 63.1 Å². The molecule has 3 fully saturated rings. The quantitative estimate of drug-likeness (QED) is 0.296. The van der Waals surface area contributed by atoms with Gasteiger partial charge in [0.1, 0.15) is 34.3 Å². The summed E-state index contributed by atoms with van der Waals surface area (Å²) in [6.45, 7) is 9.86. The van der Waals surface area contributed by atoms with Gasteiger partial charge in [0, 0.05) is 50.2 Å². The van der Waals surface area contributed by atoms with Crippen LogP contribution >= 0.6 is 0 Å². The van der Waals surface area contributed by atoms with Crippen LogP contribution in [0, 0.1) is 24.0 Å². The molecule has 10 nitrogen and oxygen atoms in total. The molecule has 15 heteroatoms. The number of pyridine rings is 1. The van der Waals surface area contributed by atoms with Crippen LogP contribution in [0.25, 0.3) is 22.2 Å². The number of fused-ring (bicyclic) bond motifs is 2.